The molecule has 0 atom stereocenters. The Morgan fingerprint density at radius 1 is 1.26 bits per heavy atom. The third-order valence-corrected chi connectivity index (χ3v) is 2.91. The first-order valence-electron chi connectivity index (χ1n) is 6.45. The van der Waals surface area contributed by atoms with Crippen LogP contribution in [-0.2, 0) is 5.41 Å². The summed E-state index contributed by atoms with van der Waals surface area (Å²) >= 11 is 0. The van der Waals surface area contributed by atoms with Crippen molar-refractivity contribution in [1.82, 2.24) is 5.32 Å². The maximum absolute atomic E-state index is 5.82. The molecule has 0 fully saturated rings. The van der Waals surface area contributed by atoms with Crippen LogP contribution in [-0.4, -0.2) is 18.5 Å². The van der Waals surface area contributed by atoms with Crippen LogP contribution in [0.5, 0.6) is 0 Å². The molecular formula is C15H26IN3. The molecule has 0 saturated heterocycles. The van der Waals surface area contributed by atoms with Gasteiger partial charge in [-0.05, 0) is 26.3 Å². The molecule has 0 radical (unpaired) electrons. The number of hydrogen-bond acceptors (Lipinski definition) is 1. The van der Waals surface area contributed by atoms with Crippen LogP contribution in [0.4, 0.5) is 0 Å². The summed E-state index contributed by atoms with van der Waals surface area (Å²) in [5, 5.41) is 3.10. The number of aryl methyl sites for hydroxylation is 1. The van der Waals surface area contributed by atoms with E-state index in [1.165, 1.54) is 11.1 Å². The van der Waals surface area contributed by atoms with Gasteiger partial charge >= 0.3 is 0 Å². The topological polar surface area (TPSA) is 50.4 Å². The van der Waals surface area contributed by atoms with E-state index < -0.39 is 0 Å². The van der Waals surface area contributed by atoms with E-state index in [1.54, 1.807) is 0 Å². The van der Waals surface area contributed by atoms with Crippen LogP contribution in [0.1, 0.15) is 38.8 Å². The number of halogens is 1. The Labute approximate surface area is 134 Å². The fourth-order valence-corrected chi connectivity index (χ4v) is 1.72. The second-order valence-corrected chi connectivity index (χ2v) is 5.75. The van der Waals surface area contributed by atoms with Gasteiger partial charge in [0, 0.05) is 11.5 Å². The molecule has 0 saturated carbocycles. The van der Waals surface area contributed by atoms with Gasteiger partial charge < -0.3 is 11.1 Å². The standard InChI is InChI=1S/C15H25N3.HI/c1-11(2)18-14(16)17-10-15(4,5)13-8-6-12(3)7-9-13;/h6-9,11H,10H2,1-5H3,(H3,16,17,18);1H. The molecule has 3 N–H and O–H groups in total. The van der Waals surface area contributed by atoms with Gasteiger partial charge in [0.1, 0.15) is 0 Å². The summed E-state index contributed by atoms with van der Waals surface area (Å²) in [6, 6.07) is 8.91. The molecule has 0 aliphatic heterocycles. The van der Waals surface area contributed by atoms with E-state index in [4.69, 9.17) is 5.73 Å². The average Bonchev–Trinajstić information content (AvgIpc) is 2.26. The van der Waals surface area contributed by atoms with Crippen molar-refractivity contribution in [2.24, 2.45) is 10.7 Å². The Bertz CT molecular complexity index is 408. The Balaban J connectivity index is 0.00000324. The lowest BCUT2D eigenvalue weighted by Crippen LogP contribution is -2.38. The number of benzene rings is 1. The molecule has 1 aromatic rings. The Kier molecular flexibility index (Phi) is 7.41. The smallest absolute Gasteiger partial charge is 0.188 e. The van der Waals surface area contributed by atoms with Crippen LogP contribution in [0.15, 0.2) is 29.3 Å². The predicted octanol–water partition coefficient (Wildman–Crippen LogP) is 3.20. The lowest BCUT2D eigenvalue weighted by Gasteiger charge is -2.23. The molecule has 3 nitrogen and oxygen atoms in total. The van der Waals surface area contributed by atoms with Crippen molar-refractivity contribution >= 4 is 29.9 Å². The van der Waals surface area contributed by atoms with Crippen molar-refractivity contribution in [2.75, 3.05) is 6.54 Å². The average molecular weight is 375 g/mol. The molecule has 0 spiro atoms. The Hall–Kier alpha value is -0.780. The zero-order valence-corrected chi connectivity index (χ0v) is 14.9. The Morgan fingerprint density at radius 2 is 1.79 bits per heavy atom. The van der Waals surface area contributed by atoms with Gasteiger partial charge in [0.25, 0.3) is 0 Å². The fourth-order valence-electron chi connectivity index (χ4n) is 1.72. The number of hydrogen-bond donors (Lipinski definition) is 2. The highest BCUT2D eigenvalue weighted by molar-refractivity contribution is 14.0. The van der Waals surface area contributed by atoms with Crippen LogP contribution < -0.4 is 11.1 Å². The van der Waals surface area contributed by atoms with E-state index in [1.807, 2.05) is 13.8 Å². The van der Waals surface area contributed by atoms with E-state index in [9.17, 15) is 0 Å². The lowest BCUT2D eigenvalue weighted by molar-refractivity contribution is 0.537. The number of aliphatic imine (C=N–C) groups is 1. The Morgan fingerprint density at radius 3 is 2.26 bits per heavy atom. The number of nitrogens with two attached hydrogens (primary N) is 1. The number of nitrogens with one attached hydrogen (secondary N) is 1. The van der Waals surface area contributed by atoms with Gasteiger partial charge in [-0.3, -0.25) is 4.99 Å². The molecule has 0 aliphatic carbocycles. The van der Waals surface area contributed by atoms with Gasteiger partial charge in [-0.15, -0.1) is 24.0 Å². The van der Waals surface area contributed by atoms with Crippen LogP contribution >= 0.6 is 24.0 Å². The highest BCUT2D eigenvalue weighted by Gasteiger charge is 2.20. The van der Waals surface area contributed by atoms with E-state index in [0.29, 0.717) is 18.5 Å². The number of nitrogens with zero attached hydrogens (tertiary/aromatic N) is 1. The molecule has 0 unspecified atom stereocenters. The van der Waals surface area contributed by atoms with Gasteiger partial charge in [-0.25, -0.2) is 0 Å². The largest absolute Gasteiger partial charge is 0.370 e. The SMILES string of the molecule is Cc1ccc(C(C)(C)CN=C(N)NC(C)C)cc1.I. The zero-order chi connectivity index (χ0) is 13.8. The summed E-state index contributed by atoms with van der Waals surface area (Å²) in [5.41, 5.74) is 8.38. The van der Waals surface area contributed by atoms with Crippen LogP contribution in [0.2, 0.25) is 0 Å². The van der Waals surface area contributed by atoms with Crippen molar-refractivity contribution in [3.63, 3.8) is 0 Å². The summed E-state index contributed by atoms with van der Waals surface area (Å²) in [4.78, 5) is 4.42. The third-order valence-electron chi connectivity index (χ3n) is 2.91. The van der Waals surface area contributed by atoms with Gasteiger partial charge in [0.2, 0.25) is 0 Å². The van der Waals surface area contributed by atoms with E-state index in [-0.39, 0.29) is 29.4 Å². The first kappa shape index (κ1) is 18.2. The fraction of sp³-hybridized carbons (Fsp3) is 0.533. The predicted molar refractivity (Wildman–Crippen MR) is 94.4 cm³/mol. The van der Waals surface area contributed by atoms with Crippen LogP contribution in [0.3, 0.4) is 0 Å². The van der Waals surface area contributed by atoms with Gasteiger partial charge in [0.15, 0.2) is 5.96 Å². The highest BCUT2D eigenvalue weighted by atomic mass is 127. The van der Waals surface area contributed by atoms with Crippen molar-refractivity contribution in [3.05, 3.63) is 35.4 Å². The summed E-state index contributed by atoms with van der Waals surface area (Å²) in [6.07, 6.45) is 0. The molecule has 4 heteroatoms. The van der Waals surface area contributed by atoms with E-state index in [2.05, 4.69) is 55.3 Å². The summed E-state index contributed by atoms with van der Waals surface area (Å²) in [5.74, 6) is 0.519. The summed E-state index contributed by atoms with van der Waals surface area (Å²) < 4.78 is 0. The first-order valence-corrected chi connectivity index (χ1v) is 6.45. The molecule has 1 rings (SSSR count). The highest BCUT2D eigenvalue weighted by Crippen LogP contribution is 2.23. The molecule has 108 valence electrons. The first-order chi connectivity index (χ1) is 8.31. The second-order valence-electron chi connectivity index (χ2n) is 5.75. The maximum Gasteiger partial charge on any atom is 0.188 e. The zero-order valence-electron chi connectivity index (χ0n) is 12.5. The number of rotatable bonds is 4. The summed E-state index contributed by atoms with van der Waals surface area (Å²) in [7, 11) is 0. The quantitative estimate of drug-likeness (QED) is 0.483. The minimum absolute atomic E-state index is 0. The molecular weight excluding hydrogens is 349 g/mol. The van der Waals surface area contributed by atoms with Crippen molar-refractivity contribution in [3.8, 4) is 0 Å². The van der Waals surface area contributed by atoms with Gasteiger partial charge in [-0.2, -0.15) is 0 Å². The van der Waals surface area contributed by atoms with Crippen LogP contribution in [0.25, 0.3) is 0 Å². The molecule has 1 aromatic carbocycles. The van der Waals surface area contributed by atoms with Gasteiger partial charge in [0.05, 0.1) is 6.54 Å². The molecule has 0 bridgehead atoms. The lowest BCUT2D eigenvalue weighted by atomic mass is 9.84. The normalized spacial score (nSPS) is 12.2. The minimum atomic E-state index is -0.00300. The maximum atomic E-state index is 5.82. The van der Waals surface area contributed by atoms with E-state index >= 15 is 0 Å². The van der Waals surface area contributed by atoms with Crippen molar-refractivity contribution in [2.45, 2.75) is 46.1 Å². The molecule has 19 heavy (non-hydrogen) atoms. The van der Waals surface area contributed by atoms with Crippen molar-refractivity contribution < 1.29 is 0 Å². The van der Waals surface area contributed by atoms with Gasteiger partial charge in [-0.1, -0.05) is 43.7 Å². The molecule has 0 aromatic heterocycles. The third kappa shape index (κ3) is 6.27. The minimum Gasteiger partial charge on any atom is -0.370 e. The summed E-state index contributed by atoms with van der Waals surface area (Å²) in [6.45, 7) is 11.2. The molecule has 0 aliphatic rings. The second kappa shape index (κ2) is 7.72. The van der Waals surface area contributed by atoms with Crippen LogP contribution in [0, 0.1) is 6.92 Å². The monoisotopic (exact) mass is 375 g/mol. The van der Waals surface area contributed by atoms with Crippen molar-refractivity contribution in [1.29, 1.82) is 0 Å². The number of guanidine groups is 1. The molecule has 0 heterocycles. The van der Waals surface area contributed by atoms with E-state index in [0.717, 1.165) is 0 Å². The molecule has 0 amide bonds.